The van der Waals surface area contributed by atoms with Crippen LogP contribution in [-0.4, -0.2) is 26.9 Å². The minimum Gasteiger partial charge on any atom is -0.368 e. The quantitative estimate of drug-likeness (QED) is 0.843. The van der Waals surface area contributed by atoms with Crippen molar-refractivity contribution < 1.29 is 4.79 Å². The lowest BCUT2D eigenvalue weighted by atomic mass is 10.2. The molecule has 0 aliphatic rings. The second kappa shape index (κ2) is 4.77. The highest BCUT2D eigenvalue weighted by Crippen LogP contribution is 2.18. The van der Waals surface area contributed by atoms with E-state index in [1.807, 2.05) is 0 Å². The lowest BCUT2D eigenvalue weighted by molar-refractivity contribution is 0.0946. The van der Waals surface area contributed by atoms with E-state index >= 15 is 0 Å². The van der Waals surface area contributed by atoms with Gasteiger partial charge in [0.2, 0.25) is 11.1 Å². The zero-order valence-electron chi connectivity index (χ0n) is 8.92. The summed E-state index contributed by atoms with van der Waals surface area (Å²) in [5.74, 6) is -0.333. The fourth-order valence-electron chi connectivity index (χ4n) is 1.29. The molecule has 2 N–H and O–H groups in total. The molecule has 0 saturated heterocycles. The molecular weight excluding hydrogens is 260 g/mol. The second-order valence-corrected chi connectivity index (χ2v) is 4.33. The third-order valence-electron chi connectivity index (χ3n) is 2.09. The van der Waals surface area contributed by atoms with Crippen molar-refractivity contribution in [3.63, 3.8) is 0 Å². The number of carbonyl (C=O) groups excluding carboxylic acids is 1. The smallest absolute Gasteiger partial charge is 0.282 e. The molecule has 0 aliphatic heterocycles. The van der Waals surface area contributed by atoms with Crippen LogP contribution in [0.5, 0.6) is 0 Å². The zero-order chi connectivity index (χ0) is 12.4. The minimum absolute atomic E-state index is 0.0549. The van der Waals surface area contributed by atoms with Gasteiger partial charge in [-0.15, -0.1) is 5.10 Å². The van der Waals surface area contributed by atoms with Gasteiger partial charge in [-0.3, -0.25) is 4.79 Å². The monoisotopic (exact) mass is 268 g/mol. The van der Waals surface area contributed by atoms with Crippen molar-refractivity contribution in [2.75, 3.05) is 12.0 Å². The van der Waals surface area contributed by atoms with Crippen LogP contribution < -0.4 is 5.73 Å². The number of nitrogens with two attached hydrogens (primary N) is 1. The van der Waals surface area contributed by atoms with Crippen LogP contribution in [0.25, 0.3) is 0 Å². The number of thioether (sulfide) groups is 1. The third kappa shape index (κ3) is 2.27. The van der Waals surface area contributed by atoms with Crippen LogP contribution in [0.15, 0.2) is 29.4 Å². The predicted octanol–water partition coefficient (Wildman–Crippen LogP) is 1.92. The maximum atomic E-state index is 12.1. The maximum Gasteiger partial charge on any atom is 0.282 e. The molecule has 0 radical (unpaired) electrons. The first kappa shape index (κ1) is 11.9. The zero-order valence-corrected chi connectivity index (χ0v) is 10.5. The lowest BCUT2D eigenvalue weighted by Crippen LogP contribution is -2.16. The van der Waals surface area contributed by atoms with Crippen LogP contribution in [0, 0.1) is 0 Å². The Labute approximate surface area is 107 Å². The molecule has 0 atom stereocenters. The molecule has 0 saturated carbocycles. The SMILES string of the molecule is CSc1nc(N)n(C(=O)c2ccccc2Cl)n1. The van der Waals surface area contributed by atoms with Gasteiger partial charge < -0.3 is 5.73 Å². The van der Waals surface area contributed by atoms with E-state index in [1.165, 1.54) is 11.8 Å². The summed E-state index contributed by atoms with van der Waals surface area (Å²) >= 11 is 7.25. The molecule has 1 aromatic carbocycles. The van der Waals surface area contributed by atoms with Crippen LogP contribution in [0.1, 0.15) is 10.4 Å². The van der Waals surface area contributed by atoms with Gasteiger partial charge in [0.25, 0.3) is 5.91 Å². The van der Waals surface area contributed by atoms with E-state index in [9.17, 15) is 4.79 Å². The molecule has 88 valence electrons. The van der Waals surface area contributed by atoms with Crippen molar-refractivity contribution >= 4 is 35.2 Å². The van der Waals surface area contributed by atoms with Crippen molar-refractivity contribution in [3.8, 4) is 0 Å². The number of nitrogens with zero attached hydrogens (tertiary/aromatic N) is 3. The maximum absolute atomic E-state index is 12.1. The summed E-state index contributed by atoms with van der Waals surface area (Å²) in [6.45, 7) is 0. The number of nitrogen functional groups attached to an aromatic ring is 1. The van der Waals surface area contributed by atoms with Crippen LogP contribution >= 0.6 is 23.4 Å². The van der Waals surface area contributed by atoms with Crippen molar-refractivity contribution in [2.45, 2.75) is 5.16 Å². The van der Waals surface area contributed by atoms with Gasteiger partial charge >= 0.3 is 0 Å². The average molecular weight is 269 g/mol. The first-order valence-corrected chi connectivity index (χ1v) is 6.29. The van der Waals surface area contributed by atoms with E-state index in [1.54, 1.807) is 30.5 Å². The highest BCUT2D eigenvalue weighted by atomic mass is 35.5. The molecule has 2 rings (SSSR count). The number of benzene rings is 1. The van der Waals surface area contributed by atoms with E-state index in [-0.39, 0.29) is 11.9 Å². The van der Waals surface area contributed by atoms with Gasteiger partial charge in [-0.05, 0) is 18.4 Å². The Kier molecular flexibility index (Phi) is 3.35. The van der Waals surface area contributed by atoms with E-state index in [4.69, 9.17) is 17.3 Å². The van der Waals surface area contributed by atoms with Crippen LogP contribution in [-0.2, 0) is 0 Å². The van der Waals surface area contributed by atoms with Gasteiger partial charge in [-0.1, -0.05) is 35.5 Å². The third-order valence-corrected chi connectivity index (χ3v) is 2.96. The Morgan fingerprint density at radius 2 is 2.18 bits per heavy atom. The molecule has 0 bridgehead atoms. The van der Waals surface area contributed by atoms with Gasteiger partial charge in [0.05, 0.1) is 10.6 Å². The molecule has 0 fully saturated rings. The molecule has 0 aliphatic carbocycles. The topological polar surface area (TPSA) is 73.8 Å². The van der Waals surface area contributed by atoms with Crippen LogP contribution in [0.2, 0.25) is 5.02 Å². The number of anilines is 1. The highest BCUT2D eigenvalue weighted by Gasteiger charge is 2.17. The predicted molar refractivity (Wildman–Crippen MR) is 67.4 cm³/mol. The number of halogens is 1. The number of hydrogen-bond donors (Lipinski definition) is 1. The lowest BCUT2D eigenvalue weighted by Gasteiger charge is -2.02. The molecule has 0 spiro atoms. The number of hydrogen-bond acceptors (Lipinski definition) is 5. The van der Waals surface area contributed by atoms with Gasteiger partial charge in [0, 0.05) is 0 Å². The first-order chi connectivity index (χ1) is 8.13. The summed E-state index contributed by atoms with van der Waals surface area (Å²) in [6, 6.07) is 6.72. The van der Waals surface area contributed by atoms with Crippen LogP contribution in [0.3, 0.4) is 0 Å². The largest absolute Gasteiger partial charge is 0.368 e. The normalized spacial score (nSPS) is 10.5. The van der Waals surface area contributed by atoms with Crippen molar-refractivity contribution in [2.24, 2.45) is 0 Å². The summed E-state index contributed by atoms with van der Waals surface area (Å²) in [5, 5.41) is 4.79. The van der Waals surface area contributed by atoms with Gasteiger partial charge in [-0.25, -0.2) is 0 Å². The van der Waals surface area contributed by atoms with Gasteiger partial charge in [0.15, 0.2) is 0 Å². The number of aromatic nitrogens is 3. The standard InChI is InChI=1S/C10H9ClN4OS/c1-17-10-13-9(12)15(14-10)8(16)6-4-2-3-5-7(6)11/h2-5H,1H3,(H2,12,13,14). The minimum atomic E-state index is -0.388. The van der Waals surface area contributed by atoms with E-state index in [0.29, 0.717) is 15.7 Å². The molecule has 17 heavy (non-hydrogen) atoms. The Morgan fingerprint density at radius 1 is 1.47 bits per heavy atom. The highest BCUT2D eigenvalue weighted by molar-refractivity contribution is 7.98. The molecule has 1 aromatic heterocycles. The Morgan fingerprint density at radius 3 is 2.76 bits per heavy atom. The molecule has 0 amide bonds. The van der Waals surface area contributed by atoms with Gasteiger partial charge in [0.1, 0.15) is 0 Å². The molecular formula is C10H9ClN4OS. The fraction of sp³-hybridized carbons (Fsp3) is 0.100. The molecule has 1 heterocycles. The number of rotatable bonds is 2. The van der Waals surface area contributed by atoms with E-state index in [2.05, 4.69) is 10.1 Å². The summed E-state index contributed by atoms with van der Waals surface area (Å²) in [5.41, 5.74) is 5.96. The van der Waals surface area contributed by atoms with Gasteiger partial charge in [-0.2, -0.15) is 9.67 Å². The Bertz CT molecular complexity index is 569. The summed E-state index contributed by atoms with van der Waals surface area (Å²) in [6.07, 6.45) is 1.80. The molecule has 7 heteroatoms. The van der Waals surface area contributed by atoms with Crippen LogP contribution in [0.4, 0.5) is 5.95 Å². The molecule has 0 unspecified atom stereocenters. The number of carbonyl (C=O) groups is 1. The van der Waals surface area contributed by atoms with E-state index < -0.39 is 0 Å². The second-order valence-electron chi connectivity index (χ2n) is 3.15. The molecule has 5 nitrogen and oxygen atoms in total. The summed E-state index contributed by atoms with van der Waals surface area (Å²) in [7, 11) is 0. The van der Waals surface area contributed by atoms with Crippen molar-refractivity contribution in [1.29, 1.82) is 0 Å². The summed E-state index contributed by atoms with van der Waals surface area (Å²) in [4.78, 5) is 16.0. The fourth-order valence-corrected chi connectivity index (χ4v) is 1.85. The molecule has 2 aromatic rings. The first-order valence-electron chi connectivity index (χ1n) is 4.69. The van der Waals surface area contributed by atoms with Crippen molar-refractivity contribution in [3.05, 3.63) is 34.9 Å². The van der Waals surface area contributed by atoms with Crippen molar-refractivity contribution in [1.82, 2.24) is 14.8 Å². The average Bonchev–Trinajstić information content (AvgIpc) is 2.70. The van der Waals surface area contributed by atoms with E-state index in [0.717, 1.165) is 4.68 Å². The Balaban J connectivity index is 2.44. The summed E-state index contributed by atoms with van der Waals surface area (Å²) < 4.78 is 1.05. The Hall–Kier alpha value is -1.53.